The zero-order valence-corrected chi connectivity index (χ0v) is 20.8. The van der Waals surface area contributed by atoms with Crippen molar-refractivity contribution in [2.24, 2.45) is 11.8 Å². The number of hydrogen-bond donors (Lipinski definition) is 2. The molecule has 8 heteroatoms. The Kier molecular flexibility index (Phi) is 6.92. The molecule has 31 heavy (non-hydrogen) atoms. The van der Waals surface area contributed by atoms with E-state index in [1.807, 2.05) is 20.8 Å². The van der Waals surface area contributed by atoms with Crippen LogP contribution in [0.25, 0.3) is 0 Å². The van der Waals surface area contributed by atoms with Crippen LogP contribution in [0.3, 0.4) is 0 Å². The van der Waals surface area contributed by atoms with Gasteiger partial charge in [0, 0.05) is 5.03 Å². The molecule has 2 fully saturated rings. The summed E-state index contributed by atoms with van der Waals surface area (Å²) in [7, 11) is -4.01. The second-order valence-corrected chi connectivity index (χ2v) is 12.3. The largest absolute Gasteiger partial charge is 0.385 e. The van der Waals surface area contributed by atoms with Gasteiger partial charge in [-0.15, -0.1) is 11.3 Å². The van der Waals surface area contributed by atoms with Crippen LogP contribution < -0.4 is 4.72 Å². The van der Waals surface area contributed by atoms with Crippen LogP contribution in [0.1, 0.15) is 65.4 Å². The van der Waals surface area contributed by atoms with Crippen molar-refractivity contribution in [2.75, 3.05) is 0 Å². The van der Waals surface area contributed by atoms with Crippen molar-refractivity contribution >= 4 is 38.9 Å². The molecule has 0 radical (unpaired) electrons. The molecule has 2 aliphatic rings. The molecule has 1 aromatic heterocycles. The van der Waals surface area contributed by atoms with Crippen LogP contribution in [0.5, 0.6) is 0 Å². The van der Waals surface area contributed by atoms with Crippen LogP contribution in [0, 0.1) is 11.8 Å². The van der Waals surface area contributed by atoms with Crippen molar-refractivity contribution in [3.63, 3.8) is 0 Å². The summed E-state index contributed by atoms with van der Waals surface area (Å²) in [4.78, 5) is 12.9. The van der Waals surface area contributed by atoms with Gasteiger partial charge in [0.2, 0.25) is 5.91 Å². The molecule has 1 amide bonds. The molecule has 1 unspecified atom stereocenters. The highest BCUT2D eigenvalue weighted by molar-refractivity contribution is 7.92. The van der Waals surface area contributed by atoms with Crippen molar-refractivity contribution in [3.8, 4) is 0 Å². The summed E-state index contributed by atoms with van der Waals surface area (Å²) in [5.74, 6) is -0.275. The molecule has 2 N–H and O–H groups in total. The highest BCUT2D eigenvalue weighted by Crippen LogP contribution is 2.47. The van der Waals surface area contributed by atoms with Crippen LogP contribution in [0.15, 0.2) is 49.6 Å². The van der Waals surface area contributed by atoms with E-state index in [0.717, 1.165) is 46.5 Å². The van der Waals surface area contributed by atoms with E-state index in [4.69, 9.17) is 11.6 Å². The third-order valence-corrected chi connectivity index (χ3v) is 9.20. The third kappa shape index (κ3) is 5.16. The Bertz CT molecular complexity index is 1070. The number of carbonyl (C=O) groups excluding carboxylic acids is 1. The fourth-order valence-electron chi connectivity index (χ4n) is 4.01. The molecule has 2 aliphatic carbocycles. The maximum atomic E-state index is 12.9. The molecule has 1 atom stereocenters. The first-order valence-corrected chi connectivity index (χ1v) is 13.2. The normalized spacial score (nSPS) is 23.6. The van der Waals surface area contributed by atoms with Gasteiger partial charge in [-0.05, 0) is 83.7 Å². The zero-order chi connectivity index (χ0) is 23.1. The van der Waals surface area contributed by atoms with Crippen LogP contribution in [0.2, 0.25) is 0 Å². The first kappa shape index (κ1) is 24.2. The van der Waals surface area contributed by atoms with Crippen molar-refractivity contribution < 1.29 is 18.3 Å². The minimum Gasteiger partial charge on any atom is -0.385 e. The van der Waals surface area contributed by atoms with E-state index in [1.165, 1.54) is 6.07 Å². The number of sulfonamides is 1. The highest BCUT2D eigenvalue weighted by atomic mass is 35.5. The molecule has 2 saturated carbocycles. The van der Waals surface area contributed by atoms with E-state index >= 15 is 0 Å². The van der Waals surface area contributed by atoms with Gasteiger partial charge in [-0.1, -0.05) is 39.0 Å². The van der Waals surface area contributed by atoms with Gasteiger partial charge in [-0.2, -0.15) is 0 Å². The zero-order valence-electron chi connectivity index (χ0n) is 18.4. The standard InChI is InChI=1S/C23H30ClNO4S2/c1-13(2)15(4)19(22-14(3)6-7-18(22)16(5)24)11-20(26)25-31(28,29)21-10-17(12-30-21)23(27)8-9-23/h10,12-14,27H,4,6-9,11H2,1-3,5H3,(H,25,26)/b18-16+,22-19?. The molecule has 0 saturated heterocycles. The molecule has 5 nitrogen and oxygen atoms in total. The fraction of sp³-hybridized carbons (Fsp3) is 0.522. The smallest absolute Gasteiger partial charge is 0.273 e. The maximum absolute atomic E-state index is 12.9. The average Bonchev–Trinajstić information content (AvgIpc) is 3.09. The predicted octanol–water partition coefficient (Wildman–Crippen LogP) is 5.38. The van der Waals surface area contributed by atoms with Crippen molar-refractivity contribution in [1.82, 2.24) is 4.72 Å². The number of carbonyl (C=O) groups is 1. The molecular formula is C23H30ClNO4S2. The lowest BCUT2D eigenvalue weighted by Gasteiger charge is -2.21. The third-order valence-electron chi connectivity index (χ3n) is 6.16. The van der Waals surface area contributed by atoms with Crippen LogP contribution in [0.4, 0.5) is 0 Å². The minimum atomic E-state index is -4.01. The van der Waals surface area contributed by atoms with Crippen LogP contribution in [-0.2, 0) is 20.4 Å². The van der Waals surface area contributed by atoms with Gasteiger partial charge in [0.25, 0.3) is 10.0 Å². The molecule has 1 heterocycles. The van der Waals surface area contributed by atoms with Gasteiger partial charge < -0.3 is 5.11 Å². The second-order valence-electron chi connectivity index (χ2n) is 8.92. The predicted molar refractivity (Wildman–Crippen MR) is 125 cm³/mol. The van der Waals surface area contributed by atoms with Gasteiger partial charge in [-0.3, -0.25) is 4.79 Å². The second kappa shape index (κ2) is 8.85. The molecule has 170 valence electrons. The summed E-state index contributed by atoms with van der Waals surface area (Å²) in [6, 6.07) is 1.45. The number of halogens is 1. The molecule has 0 spiro atoms. The van der Waals surface area contributed by atoms with E-state index in [9.17, 15) is 18.3 Å². The molecule has 0 bridgehead atoms. The topological polar surface area (TPSA) is 83.5 Å². The summed E-state index contributed by atoms with van der Waals surface area (Å²) in [6.45, 7) is 12.1. The first-order valence-electron chi connectivity index (χ1n) is 10.5. The van der Waals surface area contributed by atoms with Gasteiger partial charge in [0.1, 0.15) is 4.21 Å². The Morgan fingerprint density at radius 2 is 2.06 bits per heavy atom. The summed E-state index contributed by atoms with van der Waals surface area (Å²) >= 11 is 7.35. The van der Waals surface area contributed by atoms with Crippen LogP contribution in [-0.4, -0.2) is 19.4 Å². The number of amides is 1. The molecule has 0 aromatic carbocycles. The minimum absolute atomic E-state index is 0.0273. The van der Waals surface area contributed by atoms with Crippen molar-refractivity contribution in [1.29, 1.82) is 0 Å². The Hall–Kier alpha value is -1.41. The monoisotopic (exact) mass is 483 g/mol. The van der Waals surface area contributed by atoms with E-state index in [1.54, 1.807) is 5.38 Å². The average molecular weight is 484 g/mol. The quantitative estimate of drug-likeness (QED) is 0.545. The Labute approximate surface area is 193 Å². The van der Waals surface area contributed by atoms with E-state index in [0.29, 0.717) is 23.4 Å². The summed E-state index contributed by atoms with van der Waals surface area (Å²) in [5.41, 5.74) is 3.33. The summed E-state index contributed by atoms with van der Waals surface area (Å²) in [6.07, 6.45) is 2.94. The first-order chi connectivity index (χ1) is 14.4. The molecular weight excluding hydrogens is 454 g/mol. The van der Waals surface area contributed by atoms with Gasteiger partial charge in [0.05, 0.1) is 12.0 Å². The lowest BCUT2D eigenvalue weighted by molar-refractivity contribution is -0.118. The number of allylic oxidation sites excluding steroid dienone is 4. The van der Waals surface area contributed by atoms with Crippen molar-refractivity contribution in [2.45, 2.75) is 69.6 Å². The lowest BCUT2D eigenvalue weighted by atomic mass is 9.85. The molecule has 0 aliphatic heterocycles. The number of aliphatic hydroxyl groups is 1. The molecule has 1 aromatic rings. The maximum Gasteiger partial charge on any atom is 0.273 e. The Morgan fingerprint density at radius 3 is 2.61 bits per heavy atom. The van der Waals surface area contributed by atoms with E-state index < -0.39 is 21.5 Å². The number of hydrogen-bond acceptors (Lipinski definition) is 5. The number of thiophene rings is 1. The Morgan fingerprint density at radius 1 is 1.42 bits per heavy atom. The van der Waals surface area contributed by atoms with E-state index in [2.05, 4.69) is 18.2 Å². The SMILES string of the molecule is C=C(C(CC(=O)NS(=O)(=O)c1cc(C2(O)CC2)cs1)=C1/C(=C(\C)Cl)CCC1C)C(C)C. The fourth-order valence-corrected chi connectivity index (χ4v) is 6.46. The van der Waals surface area contributed by atoms with Crippen molar-refractivity contribution in [3.05, 3.63) is 50.9 Å². The van der Waals surface area contributed by atoms with E-state index in [-0.39, 0.29) is 22.5 Å². The van der Waals surface area contributed by atoms with Crippen LogP contribution >= 0.6 is 22.9 Å². The highest BCUT2D eigenvalue weighted by Gasteiger charge is 2.43. The number of rotatable bonds is 7. The lowest BCUT2D eigenvalue weighted by Crippen LogP contribution is -2.30. The molecule has 3 rings (SSSR count). The number of nitrogens with one attached hydrogen (secondary N) is 1. The summed E-state index contributed by atoms with van der Waals surface area (Å²) < 4.78 is 27.8. The Balaban J connectivity index is 1.87. The van der Waals surface area contributed by atoms with Gasteiger partial charge >= 0.3 is 0 Å². The van der Waals surface area contributed by atoms with Gasteiger partial charge in [-0.25, -0.2) is 13.1 Å². The van der Waals surface area contributed by atoms with Gasteiger partial charge in [0.15, 0.2) is 0 Å². The summed E-state index contributed by atoms with van der Waals surface area (Å²) in [5, 5.41) is 12.5.